The van der Waals surface area contributed by atoms with Crippen LogP contribution in [0.3, 0.4) is 0 Å². The van der Waals surface area contributed by atoms with Crippen molar-refractivity contribution in [1.82, 2.24) is 4.98 Å². The second-order valence-corrected chi connectivity index (χ2v) is 3.29. The van der Waals surface area contributed by atoms with Crippen molar-refractivity contribution in [2.45, 2.75) is 5.25 Å². The molecule has 0 spiro atoms. The molecule has 1 heterocycles. The third-order valence-electron chi connectivity index (χ3n) is 1.58. The van der Waals surface area contributed by atoms with Crippen molar-refractivity contribution in [3.63, 3.8) is 0 Å². The van der Waals surface area contributed by atoms with Crippen molar-refractivity contribution in [1.29, 1.82) is 5.26 Å². The minimum Gasteiger partial charge on any atom is -0.481 e. The van der Waals surface area contributed by atoms with Gasteiger partial charge in [0.2, 0.25) is 5.88 Å². The van der Waals surface area contributed by atoms with Crippen LogP contribution in [0.4, 0.5) is 0 Å². The molecule has 13 heavy (non-hydrogen) atoms. The number of hydrogen-bond acceptors (Lipinski definition) is 4. The summed E-state index contributed by atoms with van der Waals surface area (Å²) >= 11 is 1.46. The van der Waals surface area contributed by atoms with Crippen molar-refractivity contribution in [3.8, 4) is 11.9 Å². The van der Waals surface area contributed by atoms with Gasteiger partial charge in [-0.3, -0.25) is 0 Å². The topological polar surface area (TPSA) is 45.9 Å². The third-order valence-corrected chi connectivity index (χ3v) is 2.39. The first-order valence-corrected chi connectivity index (χ1v) is 5.04. The van der Waals surface area contributed by atoms with Crippen LogP contribution in [0, 0.1) is 11.3 Å². The Hall–Kier alpha value is -1.21. The van der Waals surface area contributed by atoms with E-state index in [9.17, 15) is 0 Å². The maximum Gasteiger partial charge on any atom is 0.213 e. The van der Waals surface area contributed by atoms with Crippen LogP contribution < -0.4 is 4.74 Å². The number of hydrogen-bond donors (Lipinski definition) is 0. The Morgan fingerprint density at radius 2 is 2.38 bits per heavy atom. The number of nitrogens with zero attached hydrogens (tertiary/aromatic N) is 2. The summed E-state index contributed by atoms with van der Waals surface area (Å²) < 4.78 is 4.96. The molecule has 1 aromatic rings. The van der Waals surface area contributed by atoms with Gasteiger partial charge in [-0.25, -0.2) is 4.98 Å². The molecule has 3 nitrogen and oxygen atoms in total. The lowest BCUT2D eigenvalue weighted by Crippen LogP contribution is -1.96. The van der Waals surface area contributed by atoms with Gasteiger partial charge in [0.15, 0.2) is 0 Å². The zero-order chi connectivity index (χ0) is 9.68. The molecule has 0 aliphatic carbocycles. The van der Waals surface area contributed by atoms with Gasteiger partial charge in [-0.2, -0.15) is 5.26 Å². The first-order chi connectivity index (χ1) is 6.31. The largest absolute Gasteiger partial charge is 0.481 e. The number of thioether (sulfide) groups is 1. The summed E-state index contributed by atoms with van der Waals surface area (Å²) in [6.07, 6.45) is 1.88. The maximum absolute atomic E-state index is 8.79. The highest BCUT2D eigenvalue weighted by molar-refractivity contribution is 7.99. The Labute approximate surface area is 81.7 Å². The quantitative estimate of drug-likeness (QED) is 0.738. The summed E-state index contributed by atoms with van der Waals surface area (Å²) in [6.45, 7) is 0. The molecular weight excluding hydrogens is 184 g/mol. The Balaban J connectivity index is 2.94. The molecule has 0 N–H and O–H groups in total. The normalized spacial score (nSPS) is 11.8. The number of methoxy groups -OCH3 is 1. The van der Waals surface area contributed by atoms with Gasteiger partial charge in [-0.1, -0.05) is 6.07 Å². The lowest BCUT2D eigenvalue weighted by Gasteiger charge is -2.05. The van der Waals surface area contributed by atoms with Gasteiger partial charge in [0.25, 0.3) is 0 Å². The summed E-state index contributed by atoms with van der Waals surface area (Å²) in [4.78, 5) is 4.17. The Morgan fingerprint density at radius 1 is 1.62 bits per heavy atom. The fraction of sp³-hybridized carbons (Fsp3) is 0.333. The van der Waals surface area contributed by atoms with Crippen molar-refractivity contribution < 1.29 is 4.74 Å². The van der Waals surface area contributed by atoms with E-state index in [-0.39, 0.29) is 5.25 Å². The smallest absolute Gasteiger partial charge is 0.213 e. The van der Waals surface area contributed by atoms with Crippen LogP contribution in [0.2, 0.25) is 0 Å². The number of ether oxygens (including phenoxy) is 1. The van der Waals surface area contributed by atoms with Crippen LogP contribution in [-0.4, -0.2) is 18.3 Å². The van der Waals surface area contributed by atoms with E-state index in [1.54, 1.807) is 13.2 Å². The molecule has 1 unspecified atom stereocenters. The van der Waals surface area contributed by atoms with Gasteiger partial charge in [0.1, 0.15) is 5.25 Å². The standard InChI is InChI=1S/C9H10N2OS/c1-12-9-5-3-4-7(11-9)8(6-10)13-2/h3-5,8H,1-2H3. The number of rotatable bonds is 3. The Kier molecular flexibility index (Phi) is 3.59. The molecule has 1 aromatic heterocycles. The van der Waals surface area contributed by atoms with Gasteiger partial charge in [0.05, 0.1) is 18.9 Å². The second-order valence-electron chi connectivity index (χ2n) is 2.35. The Bertz CT molecular complexity index is 322. The van der Waals surface area contributed by atoms with Crippen LogP contribution >= 0.6 is 11.8 Å². The lowest BCUT2D eigenvalue weighted by molar-refractivity contribution is 0.396. The zero-order valence-corrected chi connectivity index (χ0v) is 8.34. The van der Waals surface area contributed by atoms with E-state index >= 15 is 0 Å². The summed E-state index contributed by atoms with van der Waals surface area (Å²) in [5, 5.41) is 8.58. The molecule has 1 rings (SSSR count). The highest BCUT2D eigenvalue weighted by atomic mass is 32.2. The van der Waals surface area contributed by atoms with Crippen molar-refractivity contribution in [3.05, 3.63) is 23.9 Å². The molecule has 0 aromatic carbocycles. The first-order valence-electron chi connectivity index (χ1n) is 3.75. The first kappa shape index (κ1) is 9.87. The number of pyridine rings is 1. The van der Waals surface area contributed by atoms with E-state index in [4.69, 9.17) is 10.00 Å². The summed E-state index contributed by atoms with van der Waals surface area (Å²) in [5.74, 6) is 0.548. The molecule has 0 amide bonds. The predicted molar refractivity (Wildman–Crippen MR) is 52.7 cm³/mol. The van der Waals surface area contributed by atoms with E-state index in [1.807, 2.05) is 18.4 Å². The molecule has 0 aliphatic rings. The molecular formula is C9H10N2OS. The van der Waals surface area contributed by atoms with E-state index in [2.05, 4.69) is 11.1 Å². The molecule has 0 radical (unpaired) electrons. The van der Waals surface area contributed by atoms with Crippen molar-refractivity contribution in [2.24, 2.45) is 0 Å². The summed E-state index contributed by atoms with van der Waals surface area (Å²) in [7, 11) is 1.56. The molecule has 68 valence electrons. The zero-order valence-electron chi connectivity index (χ0n) is 7.52. The lowest BCUT2D eigenvalue weighted by atomic mass is 10.3. The predicted octanol–water partition coefficient (Wildman–Crippen LogP) is 2.02. The second kappa shape index (κ2) is 4.73. The van der Waals surface area contributed by atoms with E-state index in [0.717, 1.165) is 5.69 Å². The monoisotopic (exact) mass is 194 g/mol. The fourth-order valence-corrected chi connectivity index (χ4v) is 1.41. The molecule has 0 aliphatic heterocycles. The minimum absolute atomic E-state index is 0.213. The van der Waals surface area contributed by atoms with E-state index < -0.39 is 0 Å². The maximum atomic E-state index is 8.79. The molecule has 1 atom stereocenters. The van der Waals surface area contributed by atoms with Crippen LogP contribution in [0.15, 0.2) is 18.2 Å². The van der Waals surface area contributed by atoms with Gasteiger partial charge in [0, 0.05) is 6.07 Å². The van der Waals surface area contributed by atoms with E-state index in [1.165, 1.54) is 11.8 Å². The molecule has 0 saturated heterocycles. The average Bonchev–Trinajstić information content (AvgIpc) is 2.20. The highest BCUT2D eigenvalue weighted by Gasteiger charge is 2.10. The molecule has 4 heteroatoms. The summed E-state index contributed by atoms with van der Waals surface area (Å²) in [5.41, 5.74) is 0.745. The SMILES string of the molecule is COc1cccc(C(C#N)SC)n1. The van der Waals surface area contributed by atoms with Crippen LogP contribution in [0.5, 0.6) is 5.88 Å². The van der Waals surface area contributed by atoms with Crippen LogP contribution in [0.1, 0.15) is 10.9 Å². The van der Waals surface area contributed by atoms with Crippen LogP contribution in [0.25, 0.3) is 0 Å². The van der Waals surface area contributed by atoms with Gasteiger partial charge >= 0.3 is 0 Å². The van der Waals surface area contributed by atoms with Crippen LogP contribution in [-0.2, 0) is 0 Å². The highest BCUT2D eigenvalue weighted by Crippen LogP contribution is 2.24. The number of nitriles is 1. The van der Waals surface area contributed by atoms with Gasteiger partial charge < -0.3 is 4.74 Å². The van der Waals surface area contributed by atoms with E-state index in [0.29, 0.717) is 5.88 Å². The number of aromatic nitrogens is 1. The molecule has 0 fully saturated rings. The van der Waals surface area contributed by atoms with Crippen molar-refractivity contribution >= 4 is 11.8 Å². The van der Waals surface area contributed by atoms with Gasteiger partial charge in [-0.15, -0.1) is 11.8 Å². The fourth-order valence-electron chi connectivity index (χ4n) is 0.930. The molecule has 0 saturated carbocycles. The molecule has 0 bridgehead atoms. The summed E-state index contributed by atoms with van der Waals surface area (Å²) in [6, 6.07) is 7.59. The third kappa shape index (κ3) is 2.36. The van der Waals surface area contributed by atoms with Gasteiger partial charge in [-0.05, 0) is 12.3 Å². The minimum atomic E-state index is -0.213. The Morgan fingerprint density at radius 3 is 2.92 bits per heavy atom. The average molecular weight is 194 g/mol. The van der Waals surface area contributed by atoms with Crippen molar-refractivity contribution in [2.75, 3.05) is 13.4 Å².